The topological polar surface area (TPSA) is 84.4 Å². The third-order valence-electron chi connectivity index (χ3n) is 3.73. The molecule has 0 bridgehead atoms. The van der Waals surface area contributed by atoms with Gasteiger partial charge in [-0.15, -0.1) is 0 Å². The number of nitrogens with two attached hydrogens (primary N) is 1. The fraction of sp³-hybridized carbons (Fsp3) is 0.538. The fourth-order valence-electron chi connectivity index (χ4n) is 1.71. The normalized spacial score (nSPS) is 11.7. The van der Waals surface area contributed by atoms with Gasteiger partial charge in [-0.1, -0.05) is 13.0 Å². The van der Waals surface area contributed by atoms with Crippen LogP contribution in [0, 0.1) is 10.1 Å². The van der Waals surface area contributed by atoms with Crippen molar-refractivity contribution in [2.24, 2.45) is 5.84 Å². The molecule has 0 unspecified atom stereocenters. The highest BCUT2D eigenvalue weighted by molar-refractivity contribution is 5.62. The molecule has 0 amide bonds. The molecule has 0 saturated carbocycles. The summed E-state index contributed by atoms with van der Waals surface area (Å²) in [5, 5.41) is 10.8. The zero-order valence-corrected chi connectivity index (χ0v) is 11.9. The van der Waals surface area contributed by atoms with Crippen LogP contribution < -0.4 is 11.3 Å². The van der Waals surface area contributed by atoms with Crippen LogP contribution in [0.2, 0.25) is 0 Å². The summed E-state index contributed by atoms with van der Waals surface area (Å²) in [7, 11) is 2.04. The molecule has 0 radical (unpaired) electrons. The molecule has 0 saturated heterocycles. The zero-order valence-electron chi connectivity index (χ0n) is 11.9. The second kappa shape index (κ2) is 5.99. The van der Waals surface area contributed by atoms with Crippen molar-refractivity contribution in [2.45, 2.75) is 39.3 Å². The van der Waals surface area contributed by atoms with Crippen molar-refractivity contribution < 1.29 is 4.92 Å². The van der Waals surface area contributed by atoms with Crippen molar-refractivity contribution in [1.29, 1.82) is 0 Å². The van der Waals surface area contributed by atoms with E-state index in [1.165, 1.54) is 6.07 Å². The molecule has 106 valence electrons. The number of benzene rings is 1. The van der Waals surface area contributed by atoms with Gasteiger partial charge in [-0.05, 0) is 38.9 Å². The first-order chi connectivity index (χ1) is 8.81. The Kier molecular flexibility index (Phi) is 4.85. The lowest BCUT2D eigenvalue weighted by atomic mass is 9.99. The van der Waals surface area contributed by atoms with Crippen LogP contribution in [0.5, 0.6) is 0 Å². The van der Waals surface area contributed by atoms with Crippen LogP contribution in [0.3, 0.4) is 0 Å². The summed E-state index contributed by atoms with van der Waals surface area (Å²) in [5.74, 6) is 5.33. The molecule has 6 nitrogen and oxygen atoms in total. The van der Waals surface area contributed by atoms with Crippen molar-refractivity contribution in [3.8, 4) is 0 Å². The average molecular weight is 266 g/mol. The molecule has 1 aromatic rings. The van der Waals surface area contributed by atoms with E-state index in [2.05, 4.69) is 31.1 Å². The molecule has 6 heteroatoms. The van der Waals surface area contributed by atoms with Crippen molar-refractivity contribution in [1.82, 2.24) is 4.90 Å². The van der Waals surface area contributed by atoms with Gasteiger partial charge in [-0.25, -0.2) is 0 Å². The second-order valence-corrected chi connectivity index (χ2v) is 5.27. The van der Waals surface area contributed by atoms with Crippen LogP contribution in [0.15, 0.2) is 18.2 Å². The molecule has 0 aliphatic heterocycles. The van der Waals surface area contributed by atoms with Gasteiger partial charge >= 0.3 is 0 Å². The van der Waals surface area contributed by atoms with Crippen LogP contribution in [0.1, 0.15) is 32.8 Å². The van der Waals surface area contributed by atoms with E-state index >= 15 is 0 Å². The number of nitrogens with zero attached hydrogens (tertiary/aromatic N) is 2. The molecule has 0 atom stereocenters. The quantitative estimate of drug-likeness (QED) is 0.469. The number of hydrogen-bond acceptors (Lipinski definition) is 5. The highest BCUT2D eigenvalue weighted by atomic mass is 16.6. The van der Waals surface area contributed by atoms with E-state index in [1.807, 2.05) is 7.05 Å². The van der Waals surface area contributed by atoms with Gasteiger partial charge in [0.25, 0.3) is 5.69 Å². The van der Waals surface area contributed by atoms with Gasteiger partial charge in [0.15, 0.2) is 0 Å². The number of nitrogens with one attached hydrogen (secondary N) is 1. The van der Waals surface area contributed by atoms with Gasteiger partial charge < -0.3 is 5.43 Å². The lowest BCUT2D eigenvalue weighted by Crippen LogP contribution is -2.39. The Morgan fingerprint density at radius 1 is 1.47 bits per heavy atom. The molecule has 19 heavy (non-hydrogen) atoms. The monoisotopic (exact) mass is 266 g/mol. The van der Waals surface area contributed by atoms with E-state index in [1.54, 1.807) is 12.1 Å². The molecular formula is C13H22N4O2. The number of rotatable bonds is 6. The largest absolute Gasteiger partial charge is 0.318 e. The van der Waals surface area contributed by atoms with Crippen molar-refractivity contribution in [2.75, 3.05) is 12.5 Å². The van der Waals surface area contributed by atoms with E-state index in [-0.39, 0.29) is 11.2 Å². The van der Waals surface area contributed by atoms with E-state index in [9.17, 15) is 10.1 Å². The molecule has 1 rings (SSSR count). The Bertz CT molecular complexity index is 460. The van der Waals surface area contributed by atoms with Crippen molar-refractivity contribution >= 4 is 11.4 Å². The molecule has 1 aromatic carbocycles. The van der Waals surface area contributed by atoms with Crippen LogP contribution in [-0.4, -0.2) is 22.4 Å². The maximum atomic E-state index is 10.8. The lowest BCUT2D eigenvalue weighted by molar-refractivity contribution is -0.384. The SMILES string of the molecule is CCC(C)(C)N(C)Cc1ccc([N+](=O)[O-])c(NN)c1. The molecule has 0 fully saturated rings. The highest BCUT2D eigenvalue weighted by Crippen LogP contribution is 2.26. The average Bonchev–Trinajstić information content (AvgIpc) is 2.38. The summed E-state index contributed by atoms with van der Waals surface area (Å²) in [6.07, 6.45) is 1.03. The standard InChI is InChI=1S/C13H22N4O2/c1-5-13(2,3)16(4)9-10-6-7-12(17(18)19)11(8-10)15-14/h6-8,15H,5,9,14H2,1-4H3. The first kappa shape index (κ1) is 15.4. The summed E-state index contributed by atoms with van der Waals surface area (Å²) in [4.78, 5) is 12.6. The number of nitro benzene ring substituents is 1. The zero-order chi connectivity index (χ0) is 14.6. The first-order valence-corrected chi connectivity index (χ1v) is 6.27. The van der Waals surface area contributed by atoms with E-state index in [0.717, 1.165) is 12.0 Å². The van der Waals surface area contributed by atoms with Gasteiger partial charge in [0.05, 0.1) is 4.92 Å². The first-order valence-electron chi connectivity index (χ1n) is 6.27. The number of nitrogen functional groups attached to an aromatic ring is 1. The van der Waals surface area contributed by atoms with Gasteiger partial charge in [-0.2, -0.15) is 0 Å². The third kappa shape index (κ3) is 3.65. The number of hydrogen-bond donors (Lipinski definition) is 2. The van der Waals surface area contributed by atoms with Gasteiger partial charge in [0.1, 0.15) is 5.69 Å². The third-order valence-corrected chi connectivity index (χ3v) is 3.73. The maximum absolute atomic E-state index is 10.8. The summed E-state index contributed by atoms with van der Waals surface area (Å²) >= 11 is 0. The van der Waals surface area contributed by atoms with Gasteiger partial charge in [-0.3, -0.25) is 20.9 Å². The van der Waals surface area contributed by atoms with Gasteiger partial charge in [0, 0.05) is 18.2 Å². The molecule has 0 aliphatic carbocycles. The van der Waals surface area contributed by atoms with Gasteiger partial charge in [0.2, 0.25) is 0 Å². The summed E-state index contributed by atoms with van der Waals surface area (Å²) in [5.41, 5.74) is 3.78. The predicted octanol–water partition coefficient (Wildman–Crippen LogP) is 2.50. The maximum Gasteiger partial charge on any atom is 0.293 e. The van der Waals surface area contributed by atoms with Crippen LogP contribution in [-0.2, 0) is 6.54 Å². The Hall–Kier alpha value is -1.66. The van der Waals surface area contributed by atoms with E-state index in [4.69, 9.17) is 5.84 Å². The van der Waals surface area contributed by atoms with Crippen LogP contribution in [0.25, 0.3) is 0 Å². The molecular weight excluding hydrogens is 244 g/mol. The van der Waals surface area contributed by atoms with Crippen molar-refractivity contribution in [3.05, 3.63) is 33.9 Å². The molecule has 0 heterocycles. The van der Waals surface area contributed by atoms with E-state index < -0.39 is 4.92 Å². The molecule has 3 N–H and O–H groups in total. The Labute approximate surface area is 113 Å². The molecule has 0 aliphatic rings. The van der Waals surface area contributed by atoms with E-state index in [0.29, 0.717) is 12.2 Å². The minimum atomic E-state index is -0.446. The fourth-order valence-corrected chi connectivity index (χ4v) is 1.71. The number of hydrazine groups is 1. The highest BCUT2D eigenvalue weighted by Gasteiger charge is 2.22. The smallest absolute Gasteiger partial charge is 0.293 e. The van der Waals surface area contributed by atoms with Crippen LogP contribution >= 0.6 is 0 Å². The number of nitro groups is 1. The summed E-state index contributed by atoms with van der Waals surface area (Å²) in [6, 6.07) is 4.97. The minimum absolute atomic E-state index is 0.0105. The van der Waals surface area contributed by atoms with Crippen LogP contribution in [0.4, 0.5) is 11.4 Å². The van der Waals surface area contributed by atoms with Crippen molar-refractivity contribution in [3.63, 3.8) is 0 Å². The molecule has 0 spiro atoms. The summed E-state index contributed by atoms with van der Waals surface area (Å²) in [6.45, 7) is 7.19. The second-order valence-electron chi connectivity index (χ2n) is 5.27. The lowest BCUT2D eigenvalue weighted by Gasteiger charge is -2.34. The predicted molar refractivity (Wildman–Crippen MR) is 76.7 cm³/mol. The Balaban J connectivity index is 2.95. The number of anilines is 1. The Morgan fingerprint density at radius 3 is 2.58 bits per heavy atom. The minimum Gasteiger partial charge on any atom is -0.318 e. The molecule has 0 aromatic heterocycles. The Morgan fingerprint density at radius 2 is 2.11 bits per heavy atom. The summed E-state index contributed by atoms with van der Waals surface area (Å²) < 4.78 is 0.